The molecular weight excluding hydrogens is 485 g/mol. The van der Waals surface area contributed by atoms with Crippen LogP contribution in [0.3, 0.4) is 0 Å². The Balaban J connectivity index is 0.00000225. The summed E-state index contributed by atoms with van der Waals surface area (Å²) in [7, 11) is 2.49. The minimum atomic E-state index is -0.257. The fourth-order valence-corrected chi connectivity index (χ4v) is 3.31. The molecule has 0 bridgehead atoms. The van der Waals surface area contributed by atoms with Gasteiger partial charge in [-0.15, -0.1) is 14.6 Å². The third-order valence-corrected chi connectivity index (χ3v) is 4.74. The molecule has 5 nitrogen and oxygen atoms in total. The van der Waals surface area contributed by atoms with Gasteiger partial charge in [0.05, 0.1) is 6.54 Å². The zero-order valence-corrected chi connectivity index (χ0v) is 18.9. The van der Waals surface area contributed by atoms with Crippen LogP contribution >= 0.6 is 20.6 Å². The Bertz CT molecular complexity index is 862. The summed E-state index contributed by atoms with van der Waals surface area (Å²) in [5, 5.41) is 20.9. The van der Waals surface area contributed by atoms with Gasteiger partial charge in [-0.2, -0.15) is 11.2 Å². The maximum absolute atomic E-state index is 14.4. The second kappa shape index (κ2) is 9.68. The van der Waals surface area contributed by atoms with Gasteiger partial charge in [-0.3, -0.25) is 16.0 Å². The summed E-state index contributed by atoms with van der Waals surface area (Å²) >= 11 is 1.34. The zero-order chi connectivity index (χ0) is 16.9. The first-order chi connectivity index (χ1) is 11.7. The first kappa shape index (κ1) is 20.4. The molecule has 1 radical (unpaired) electrons. The number of hydrogen-bond donors (Lipinski definition) is 1. The molecule has 0 amide bonds. The van der Waals surface area contributed by atoms with E-state index in [0.717, 1.165) is 10.3 Å². The number of aromatic nitrogens is 3. The molecule has 125 valence electrons. The van der Waals surface area contributed by atoms with E-state index in [2.05, 4.69) is 36.1 Å². The molecular formula is C16H14FN5PPrS-. The van der Waals surface area contributed by atoms with E-state index < -0.39 is 0 Å². The van der Waals surface area contributed by atoms with Crippen molar-refractivity contribution >= 4 is 30.9 Å². The molecule has 2 atom stereocenters. The summed E-state index contributed by atoms with van der Waals surface area (Å²) in [5.74, 6) is -0.418. The van der Waals surface area contributed by atoms with E-state index in [0.29, 0.717) is 24.2 Å². The van der Waals surface area contributed by atoms with Gasteiger partial charge in [0.1, 0.15) is 18.5 Å². The largest absolute Gasteiger partial charge is 0.436 e. The van der Waals surface area contributed by atoms with Gasteiger partial charge in [-0.05, 0) is 16.9 Å². The number of nitrogens with zero attached hydrogens (tertiary/aromatic N) is 4. The molecule has 0 saturated carbocycles. The van der Waals surface area contributed by atoms with Crippen LogP contribution in [0.2, 0.25) is 0 Å². The van der Waals surface area contributed by atoms with Crippen LogP contribution in [0.5, 0.6) is 0 Å². The average molecular weight is 499 g/mol. The summed E-state index contributed by atoms with van der Waals surface area (Å²) in [6.45, 7) is 0.952. The van der Waals surface area contributed by atoms with Crippen molar-refractivity contribution in [2.75, 3.05) is 11.9 Å². The van der Waals surface area contributed by atoms with E-state index in [1.54, 1.807) is 23.1 Å². The number of benzene rings is 1. The van der Waals surface area contributed by atoms with Crippen molar-refractivity contribution in [1.29, 1.82) is 5.26 Å². The van der Waals surface area contributed by atoms with Gasteiger partial charge < -0.3 is 5.32 Å². The standard InChI is InChI=1S/C16H14FN5PS.Pr/c17-15-5-13(23)1-2-14(15)12(8-22-10-19-9-21-22)7-20-16-11(6-18)3-4-24-16;/h1-3,5,9-10,12,20H,7-8,23H2;/q-1;. The van der Waals surface area contributed by atoms with Crippen molar-refractivity contribution in [1.82, 2.24) is 14.8 Å². The SMILES string of the molecule is N#Cc1c[c-]sc1NCC(Cn1cncn1)c1ccc(P)cc1F.[Pr]. The van der Waals surface area contributed by atoms with Crippen molar-refractivity contribution in [3.63, 3.8) is 0 Å². The van der Waals surface area contributed by atoms with Crippen LogP contribution in [0, 0.1) is 63.8 Å². The number of thiophene rings is 1. The Labute approximate surface area is 184 Å². The minimum absolute atomic E-state index is 0. The van der Waals surface area contributed by atoms with Gasteiger partial charge >= 0.3 is 0 Å². The molecule has 3 aromatic rings. The number of hydrogen-bond acceptors (Lipinski definition) is 5. The van der Waals surface area contributed by atoms with Crippen LogP contribution in [0.25, 0.3) is 0 Å². The summed E-state index contributed by atoms with van der Waals surface area (Å²) < 4.78 is 16.1. The Morgan fingerprint density at radius 1 is 1.48 bits per heavy atom. The number of nitrogens with one attached hydrogen (secondary N) is 1. The van der Waals surface area contributed by atoms with Crippen molar-refractivity contribution in [2.24, 2.45) is 0 Å². The van der Waals surface area contributed by atoms with E-state index in [-0.39, 0.29) is 53.0 Å². The predicted molar refractivity (Wildman–Crippen MR) is 94.9 cm³/mol. The van der Waals surface area contributed by atoms with Crippen molar-refractivity contribution in [3.8, 4) is 6.07 Å². The van der Waals surface area contributed by atoms with Crippen LogP contribution in [0.1, 0.15) is 17.0 Å². The molecule has 0 saturated heterocycles. The van der Waals surface area contributed by atoms with Crippen LogP contribution in [0.15, 0.2) is 36.9 Å². The van der Waals surface area contributed by atoms with E-state index in [4.69, 9.17) is 5.26 Å². The van der Waals surface area contributed by atoms with Gasteiger partial charge in [-0.25, -0.2) is 14.6 Å². The molecule has 0 spiro atoms. The number of nitriles is 1. The second-order valence-electron chi connectivity index (χ2n) is 5.20. The predicted octanol–water partition coefficient (Wildman–Crippen LogP) is 2.55. The molecule has 1 N–H and O–H groups in total. The van der Waals surface area contributed by atoms with Gasteiger partial charge in [0, 0.05) is 59.8 Å². The van der Waals surface area contributed by atoms with Crippen molar-refractivity contribution in [3.05, 3.63) is 59.2 Å². The molecule has 3 rings (SSSR count). The van der Waals surface area contributed by atoms with Gasteiger partial charge in [0.15, 0.2) is 0 Å². The topological polar surface area (TPSA) is 66.5 Å². The number of anilines is 1. The molecule has 25 heavy (non-hydrogen) atoms. The van der Waals surface area contributed by atoms with Crippen LogP contribution in [0.4, 0.5) is 9.39 Å². The van der Waals surface area contributed by atoms with E-state index in [1.807, 2.05) is 6.07 Å². The van der Waals surface area contributed by atoms with Crippen molar-refractivity contribution in [2.45, 2.75) is 12.5 Å². The molecule has 0 aliphatic heterocycles. The zero-order valence-electron chi connectivity index (χ0n) is 13.2. The average Bonchev–Trinajstić information content (AvgIpc) is 3.23. The Hall–Kier alpha value is -0.926. The molecule has 0 fully saturated rings. The summed E-state index contributed by atoms with van der Waals surface area (Å²) in [4.78, 5) is 3.93. The fraction of sp³-hybridized carbons (Fsp3) is 0.188. The Morgan fingerprint density at radius 3 is 3.00 bits per heavy atom. The summed E-state index contributed by atoms with van der Waals surface area (Å²) in [5.41, 5.74) is 1.14. The molecule has 9 heteroatoms. The van der Waals surface area contributed by atoms with Crippen LogP contribution in [-0.4, -0.2) is 21.3 Å². The smallest absolute Gasteiger partial charge is 0.137 e. The first-order valence-electron chi connectivity index (χ1n) is 7.18. The Morgan fingerprint density at radius 2 is 2.32 bits per heavy atom. The molecule has 2 aromatic heterocycles. The van der Waals surface area contributed by atoms with Crippen molar-refractivity contribution < 1.29 is 45.7 Å². The van der Waals surface area contributed by atoms with Gasteiger partial charge in [0.2, 0.25) is 0 Å². The monoisotopic (exact) mass is 499 g/mol. The maximum atomic E-state index is 14.4. The minimum Gasteiger partial charge on any atom is -0.436 e. The van der Waals surface area contributed by atoms with Crippen LogP contribution < -0.4 is 10.6 Å². The maximum Gasteiger partial charge on any atom is 0.137 e. The third-order valence-electron chi connectivity index (χ3n) is 3.58. The van der Waals surface area contributed by atoms with Crippen LogP contribution in [-0.2, 0) is 6.54 Å². The molecule has 0 aliphatic rings. The number of rotatable bonds is 6. The quantitative estimate of drug-likeness (QED) is 0.419. The molecule has 2 unspecified atom stereocenters. The Kier molecular flexibility index (Phi) is 7.90. The van der Waals surface area contributed by atoms with E-state index in [1.165, 1.54) is 23.7 Å². The fourth-order valence-electron chi connectivity index (χ4n) is 2.40. The molecule has 0 aliphatic carbocycles. The molecule has 1 aromatic carbocycles. The van der Waals surface area contributed by atoms with E-state index >= 15 is 0 Å². The summed E-state index contributed by atoms with van der Waals surface area (Å²) in [6, 6.07) is 8.89. The normalized spacial score (nSPS) is 11.4. The number of halogens is 1. The van der Waals surface area contributed by atoms with Gasteiger partial charge in [-0.1, -0.05) is 22.7 Å². The van der Waals surface area contributed by atoms with E-state index in [9.17, 15) is 4.39 Å². The first-order valence-corrected chi connectivity index (χ1v) is 8.58. The summed E-state index contributed by atoms with van der Waals surface area (Å²) in [6.07, 6.45) is 3.06. The third kappa shape index (κ3) is 5.28. The second-order valence-corrected chi connectivity index (χ2v) is 6.71. The molecule has 2 heterocycles. The van der Waals surface area contributed by atoms with Gasteiger partial charge in [0.25, 0.3) is 0 Å².